The highest BCUT2D eigenvalue weighted by Gasteiger charge is 2.34. The van der Waals surface area contributed by atoms with Crippen molar-refractivity contribution in [3.63, 3.8) is 0 Å². The quantitative estimate of drug-likeness (QED) is 0.645. The van der Waals surface area contributed by atoms with Crippen LogP contribution >= 0.6 is 12.6 Å². The average molecular weight is 185 g/mol. The number of thiol groups is 1. The summed E-state index contributed by atoms with van der Waals surface area (Å²) in [5, 5.41) is 0. The molecule has 0 aromatic carbocycles. The van der Waals surface area contributed by atoms with Crippen LogP contribution in [0.1, 0.15) is 32.1 Å². The molecular weight excluding hydrogens is 166 g/mol. The first kappa shape index (κ1) is 8.89. The van der Waals surface area contributed by atoms with Crippen LogP contribution in [-0.4, -0.2) is 29.8 Å². The van der Waals surface area contributed by atoms with Gasteiger partial charge in [0.05, 0.1) is 0 Å². The Hall–Kier alpha value is 0.310. The van der Waals surface area contributed by atoms with Gasteiger partial charge in [-0.3, -0.25) is 4.90 Å². The summed E-state index contributed by atoms with van der Waals surface area (Å²) in [6.45, 7) is 2.55. The van der Waals surface area contributed by atoms with Crippen molar-refractivity contribution in [2.45, 2.75) is 38.1 Å². The minimum Gasteiger partial charge on any atom is -0.299 e. The van der Waals surface area contributed by atoms with E-state index < -0.39 is 0 Å². The molecule has 1 heterocycles. The van der Waals surface area contributed by atoms with Gasteiger partial charge in [0.1, 0.15) is 0 Å². The third kappa shape index (κ3) is 1.64. The molecule has 2 unspecified atom stereocenters. The normalized spacial score (nSPS) is 36.8. The monoisotopic (exact) mass is 185 g/mol. The summed E-state index contributed by atoms with van der Waals surface area (Å²) >= 11 is 4.32. The molecule has 0 aromatic rings. The molecule has 70 valence electrons. The molecule has 2 fully saturated rings. The highest BCUT2D eigenvalue weighted by Crippen LogP contribution is 2.36. The Morgan fingerprint density at radius 1 is 1.17 bits per heavy atom. The predicted molar refractivity (Wildman–Crippen MR) is 55.8 cm³/mol. The number of likely N-dealkylation sites (tertiary alicyclic amines) is 1. The van der Waals surface area contributed by atoms with E-state index in [9.17, 15) is 0 Å². The van der Waals surface area contributed by atoms with Crippen LogP contribution in [0.5, 0.6) is 0 Å². The SMILES string of the molecule is SCCN1CCCC2CCCC21. The topological polar surface area (TPSA) is 3.24 Å². The van der Waals surface area contributed by atoms with E-state index in [0.29, 0.717) is 0 Å². The fraction of sp³-hybridized carbons (Fsp3) is 1.00. The Bertz CT molecular complexity index is 147. The number of hydrogen-bond acceptors (Lipinski definition) is 2. The van der Waals surface area contributed by atoms with Gasteiger partial charge in [0.2, 0.25) is 0 Å². The molecule has 1 saturated heterocycles. The number of hydrogen-bond donors (Lipinski definition) is 1. The second kappa shape index (κ2) is 4.01. The summed E-state index contributed by atoms with van der Waals surface area (Å²) < 4.78 is 0. The van der Waals surface area contributed by atoms with Crippen molar-refractivity contribution in [1.29, 1.82) is 0 Å². The molecule has 0 bridgehead atoms. The molecule has 2 heteroatoms. The molecule has 0 aromatic heterocycles. The number of nitrogens with zero attached hydrogens (tertiary/aromatic N) is 1. The van der Waals surface area contributed by atoms with E-state index in [-0.39, 0.29) is 0 Å². The smallest absolute Gasteiger partial charge is 0.0124 e. The minimum atomic E-state index is 0.936. The molecule has 2 aliphatic rings. The maximum absolute atomic E-state index is 4.32. The fourth-order valence-electron chi connectivity index (χ4n) is 2.96. The number of piperidine rings is 1. The molecule has 0 radical (unpaired) electrons. The van der Waals surface area contributed by atoms with Gasteiger partial charge in [0.25, 0.3) is 0 Å². The van der Waals surface area contributed by atoms with E-state index in [1.807, 2.05) is 0 Å². The molecule has 2 atom stereocenters. The van der Waals surface area contributed by atoms with Crippen LogP contribution in [0.25, 0.3) is 0 Å². The first-order valence-electron chi connectivity index (χ1n) is 5.26. The van der Waals surface area contributed by atoms with E-state index in [2.05, 4.69) is 17.5 Å². The maximum Gasteiger partial charge on any atom is 0.0124 e. The van der Waals surface area contributed by atoms with E-state index in [1.165, 1.54) is 45.2 Å². The van der Waals surface area contributed by atoms with Gasteiger partial charge in [0, 0.05) is 18.3 Å². The third-order valence-corrected chi connectivity index (χ3v) is 3.70. The molecule has 2 rings (SSSR count). The minimum absolute atomic E-state index is 0.936. The summed E-state index contributed by atoms with van der Waals surface area (Å²) in [6, 6.07) is 0.936. The number of fused-ring (bicyclic) bond motifs is 1. The standard InChI is InChI=1S/C10H19NS/c12-8-7-11-6-2-4-9-3-1-5-10(9)11/h9-10,12H,1-8H2. The van der Waals surface area contributed by atoms with Crippen LogP contribution in [0.4, 0.5) is 0 Å². The molecule has 1 saturated carbocycles. The van der Waals surface area contributed by atoms with Gasteiger partial charge >= 0.3 is 0 Å². The molecule has 1 aliphatic heterocycles. The lowest BCUT2D eigenvalue weighted by Gasteiger charge is -2.37. The molecule has 0 N–H and O–H groups in total. The Balaban J connectivity index is 1.94. The first-order valence-corrected chi connectivity index (χ1v) is 5.90. The van der Waals surface area contributed by atoms with Gasteiger partial charge < -0.3 is 0 Å². The highest BCUT2D eigenvalue weighted by molar-refractivity contribution is 7.80. The lowest BCUT2D eigenvalue weighted by molar-refractivity contribution is 0.121. The Kier molecular flexibility index (Phi) is 2.97. The average Bonchev–Trinajstić information content (AvgIpc) is 2.53. The maximum atomic E-state index is 4.32. The van der Waals surface area contributed by atoms with E-state index in [4.69, 9.17) is 0 Å². The van der Waals surface area contributed by atoms with Crippen LogP contribution in [0.3, 0.4) is 0 Å². The van der Waals surface area contributed by atoms with Gasteiger partial charge in [-0.2, -0.15) is 12.6 Å². The highest BCUT2D eigenvalue weighted by atomic mass is 32.1. The van der Waals surface area contributed by atoms with Crippen molar-refractivity contribution >= 4 is 12.6 Å². The number of rotatable bonds is 2. The van der Waals surface area contributed by atoms with E-state index >= 15 is 0 Å². The van der Waals surface area contributed by atoms with Crippen LogP contribution < -0.4 is 0 Å². The van der Waals surface area contributed by atoms with Gasteiger partial charge in [0.15, 0.2) is 0 Å². The molecule has 0 spiro atoms. The van der Waals surface area contributed by atoms with Crippen molar-refractivity contribution in [3.8, 4) is 0 Å². The van der Waals surface area contributed by atoms with Gasteiger partial charge in [-0.1, -0.05) is 6.42 Å². The predicted octanol–water partition coefficient (Wildman–Crippen LogP) is 2.18. The largest absolute Gasteiger partial charge is 0.299 e. The summed E-state index contributed by atoms with van der Waals surface area (Å²) in [6.07, 6.45) is 7.34. The first-order chi connectivity index (χ1) is 5.92. The summed E-state index contributed by atoms with van der Waals surface area (Å²) in [7, 11) is 0. The lowest BCUT2D eigenvalue weighted by Crippen LogP contribution is -2.43. The zero-order valence-electron chi connectivity index (χ0n) is 7.71. The second-order valence-electron chi connectivity index (χ2n) is 4.16. The van der Waals surface area contributed by atoms with Gasteiger partial charge in [-0.25, -0.2) is 0 Å². The van der Waals surface area contributed by atoms with Crippen LogP contribution in [0.15, 0.2) is 0 Å². The fourth-order valence-corrected chi connectivity index (χ4v) is 3.22. The Labute approximate surface area is 80.9 Å². The Morgan fingerprint density at radius 3 is 2.83 bits per heavy atom. The zero-order chi connectivity index (χ0) is 8.39. The van der Waals surface area contributed by atoms with Crippen molar-refractivity contribution in [2.75, 3.05) is 18.8 Å². The summed E-state index contributed by atoms with van der Waals surface area (Å²) in [4.78, 5) is 2.67. The molecule has 1 aliphatic carbocycles. The lowest BCUT2D eigenvalue weighted by atomic mass is 9.92. The van der Waals surface area contributed by atoms with Gasteiger partial charge in [-0.15, -0.1) is 0 Å². The molecule has 12 heavy (non-hydrogen) atoms. The van der Waals surface area contributed by atoms with Crippen molar-refractivity contribution in [3.05, 3.63) is 0 Å². The Morgan fingerprint density at radius 2 is 2.00 bits per heavy atom. The molecular formula is C10H19NS. The van der Waals surface area contributed by atoms with Crippen molar-refractivity contribution in [1.82, 2.24) is 4.90 Å². The second-order valence-corrected chi connectivity index (χ2v) is 4.61. The van der Waals surface area contributed by atoms with Crippen LogP contribution in [-0.2, 0) is 0 Å². The summed E-state index contributed by atoms with van der Waals surface area (Å²) in [5.74, 6) is 2.07. The molecule has 0 amide bonds. The van der Waals surface area contributed by atoms with Crippen molar-refractivity contribution in [2.24, 2.45) is 5.92 Å². The van der Waals surface area contributed by atoms with Crippen LogP contribution in [0, 0.1) is 5.92 Å². The van der Waals surface area contributed by atoms with E-state index in [1.54, 1.807) is 0 Å². The summed E-state index contributed by atoms with van der Waals surface area (Å²) in [5.41, 5.74) is 0. The van der Waals surface area contributed by atoms with E-state index in [0.717, 1.165) is 17.7 Å². The van der Waals surface area contributed by atoms with Crippen LogP contribution in [0.2, 0.25) is 0 Å². The van der Waals surface area contributed by atoms with Crippen molar-refractivity contribution < 1.29 is 0 Å². The zero-order valence-corrected chi connectivity index (χ0v) is 8.60. The molecule has 1 nitrogen and oxygen atoms in total. The third-order valence-electron chi connectivity index (χ3n) is 3.50. The van der Waals surface area contributed by atoms with Gasteiger partial charge in [-0.05, 0) is 38.1 Å².